The molecule has 0 spiro atoms. The van der Waals surface area contributed by atoms with E-state index in [1.807, 2.05) is 0 Å². The first-order chi connectivity index (χ1) is 15.8. The van der Waals surface area contributed by atoms with Gasteiger partial charge in [0.1, 0.15) is 15.4 Å². The van der Waals surface area contributed by atoms with Gasteiger partial charge >= 0.3 is 65.3 Å². The number of unbranched alkanes of at least 4 members (excludes halogenated alkanes) is 1. The van der Waals surface area contributed by atoms with Crippen LogP contribution in [0.2, 0.25) is 0 Å². The fourth-order valence-corrected chi connectivity index (χ4v) is 3.63. The van der Waals surface area contributed by atoms with E-state index in [2.05, 4.69) is 0 Å². The first kappa shape index (κ1) is 35.9. The van der Waals surface area contributed by atoms with Crippen LogP contribution in [0, 0.1) is 0 Å². The predicted octanol–water partition coefficient (Wildman–Crippen LogP) is 3.17. The van der Waals surface area contributed by atoms with Gasteiger partial charge in [0.15, 0.2) is 5.78 Å². The summed E-state index contributed by atoms with van der Waals surface area (Å²) in [5.41, 5.74) is -3.25. The molecular weight excluding hydrogens is 582 g/mol. The number of rotatable bonds is 11. The molecule has 0 radical (unpaired) electrons. The van der Waals surface area contributed by atoms with Gasteiger partial charge in [0.25, 0.3) is 0 Å². The van der Waals surface area contributed by atoms with E-state index in [9.17, 15) is 74.8 Å². The maximum atomic E-state index is 14.2. The van der Waals surface area contributed by atoms with Crippen LogP contribution in [0.1, 0.15) is 42.1 Å². The Kier molecular flexibility index (Phi) is 10.8. The van der Waals surface area contributed by atoms with Crippen LogP contribution >= 0.6 is 0 Å². The summed E-state index contributed by atoms with van der Waals surface area (Å²) in [5, 5.41) is -2.27. The third-order valence-electron chi connectivity index (χ3n) is 4.93. The summed E-state index contributed by atoms with van der Waals surface area (Å²) < 4.78 is 206. The molecule has 0 unspecified atom stereocenters. The molecule has 0 amide bonds. The van der Waals surface area contributed by atoms with Crippen molar-refractivity contribution in [1.29, 1.82) is 0 Å². The summed E-state index contributed by atoms with van der Waals surface area (Å²) in [6.45, 7) is 1.53. The van der Waals surface area contributed by atoms with Crippen LogP contribution in [0.15, 0.2) is 24.3 Å². The van der Waals surface area contributed by atoms with Crippen LogP contribution in [0.25, 0.3) is 0 Å². The van der Waals surface area contributed by atoms with E-state index in [0.717, 1.165) is 0 Å². The van der Waals surface area contributed by atoms with Crippen LogP contribution in [-0.2, 0) is 16.0 Å². The molecule has 0 aliphatic heterocycles. The smallest absolute Gasteiger partial charge is 0.747 e. The number of halogens is 13. The van der Waals surface area contributed by atoms with E-state index < -0.39 is 74.5 Å². The first-order valence-corrected chi connectivity index (χ1v) is 10.8. The Bertz CT molecular complexity index is 1050. The molecule has 208 valence electrons. The van der Waals surface area contributed by atoms with Crippen LogP contribution in [0.4, 0.5) is 57.1 Å². The van der Waals surface area contributed by atoms with Gasteiger partial charge < -0.3 is 4.55 Å². The van der Waals surface area contributed by atoms with E-state index in [0.29, 0.717) is 0 Å². The van der Waals surface area contributed by atoms with Crippen molar-refractivity contribution in [2.45, 2.75) is 67.2 Å². The van der Waals surface area contributed by atoms with Gasteiger partial charge in [0.05, 0.1) is 0 Å². The van der Waals surface area contributed by atoms with Crippen LogP contribution < -0.4 is 29.6 Å². The third kappa shape index (κ3) is 6.22. The summed E-state index contributed by atoms with van der Waals surface area (Å²) in [6.07, 6.45) is -7.80. The molecule has 0 aromatic heterocycles. The Hall–Kier alpha value is -1.11. The number of ketones is 1. The Morgan fingerprint density at radius 3 is 1.54 bits per heavy atom. The number of benzene rings is 1. The quantitative estimate of drug-likeness (QED) is 0.170. The molecule has 1 aromatic rings. The average molecular weight is 596 g/mol. The summed E-state index contributed by atoms with van der Waals surface area (Å²) in [7, 11) is -5.32. The van der Waals surface area contributed by atoms with Crippen LogP contribution in [-0.4, -0.2) is 53.9 Å². The minimum Gasteiger partial charge on any atom is -0.747 e. The molecule has 0 saturated carbocycles. The van der Waals surface area contributed by atoms with E-state index in [4.69, 9.17) is 0 Å². The standard InChI is InChI=1S/C18H15F13O4S.Na/c1-2-3-4-11(36(33,34)35)12(32)9-5-7-10(8-6-9)13(19,20)14(21,22)15(23,24)16(25,26)17(27,28)18(29,30)31;/h5-8,11H,2-4H2,1H3,(H,33,34,35);/q;+1/p-1/t11-;/m0./s1. The van der Waals surface area contributed by atoms with Gasteiger partial charge in [-0.15, -0.1) is 0 Å². The van der Waals surface area contributed by atoms with E-state index in [1.165, 1.54) is 6.92 Å². The number of hydrogen-bond acceptors (Lipinski definition) is 4. The van der Waals surface area contributed by atoms with E-state index >= 15 is 0 Å². The molecule has 0 heterocycles. The van der Waals surface area contributed by atoms with Gasteiger partial charge in [-0.3, -0.25) is 4.79 Å². The van der Waals surface area contributed by atoms with Crippen molar-refractivity contribution < 1.29 is 104 Å². The number of alkyl halides is 13. The Morgan fingerprint density at radius 1 is 0.784 bits per heavy atom. The molecule has 4 nitrogen and oxygen atoms in total. The van der Waals surface area contributed by atoms with Crippen molar-refractivity contribution >= 4 is 15.9 Å². The monoisotopic (exact) mass is 596 g/mol. The molecule has 0 bridgehead atoms. The summed E-state index contributed by atoms with van der Waals surface area (Å²) in [4.78, 5) is 12.2. The third-order valence-corrected chi connectivity index (χ3v) is 6.07. The number of Topliss-reactive ketones (excluding diaryl/α,β-unsaturated/α-hetero) is 1. The van der Waals surface area contributed by atoms with Crippen molar-refractivity contribution in [3.8, 4) is 0 Å². The van der Waals surface area contributed by atoms with Crippen molar-refractivity contribution in [3.63, 3.8) is 0 Å². The molecule has 0 N–H and O–H groups in total. The minimum absolute atomic E-state index is 0. The van der Waals surface area contributed by atoms with Crippen molar-refractivity contribution in [2.24, 2.45) is 0 Å². The topological polar surface area (TPSA) is 74.3 Å². The van der Waals surface area contributed by atoms with E-state index in [1.54, 1.807) is 0 Å². The second kappa shape index (κ2) is 11.2. The second-order valence-electron chi connectivity index (χ2n) is 7.43. The molecule has 0 aliphatic carbocycles. The molecule has 19 heteroatoms. The SMILES string of the molecule is CCCC[C@@H](C(=O)c1ccc(C(F)(F)C(F)(F)C(F)(F)C(F)(F)C(F)(F)C(F)(F)F)cc1)S(=O)(=O)[O-].[Na+]. The van der Waals surface area contributed by atoms with Crippen molar-refractivity contribution in [1.82, 2.24) is 0 Å². The molecular formula is C18H14F13NaO4S. The first-order valence-electron chi connectivity index (χ1n) is 9.37. The van der Waals surface area contributed by atoms with Crippen LogP contribution in [0.5, 0.6) is 0 Å². The molecule has 37 heavy (non-hydrogen) atoms. The molecule has 1 rings (SSSR count). The second-order valence-corrected chi connectivity index (χ2v) is 8.99. The minimum atomic E-state index is -8.06. The number of hydrogen-bond donors (Lipinski definition) is 0. The molecule has 1 atom stereocenters. The Morgan fingerprint density at radius 2 is 1.19 bits per heavy atom. The van der Waals surface area contributed by atoms with Gasteiger partial charge in [-0.25, -0.2) is 8.42 Å². The summed E-state index contributed by atoms with van der Waals surface area (Å²) in [5.74, 6) is -39.5. The van der Waals surface area contributed by atoms with Gasteiger partial charge in [0, 0.05) is 11.1 Å². The van der Waals surface area contributed by atoms with E-state index in [-0.39, 0.29) is 66.7 Å². The molecule has 0 aliphatic rings. The molecule has 0 saturated heterocycles. The number of carbonyl (C=O) groups excluding carboxylic acids is 1. The van der Waals surface area contributed by atoms with Gasteiger partial charge in [-0.2, -0.15) is 57.1 Å². The van der Waals surface area contributed by atoms with Gasteiger partial charge in [-0.1, -0.05) is 44.0 Å². The van der Waals surface area contributed by atoms with Gasteiger partial charge in [-0.05, 0) is 6.42 Å². The van der Waals surface area contributed by atoms with Crippen molar-refractivity contribution in [2.75, 3.05) is 0 Å². The van der Waals surface area contributed by atoms with Crippen molar-refractivity contribution in [3.05, 3.63) is 35.4 Å². The summed E-state index contributed by atoms with van der Waals surface area (Å²) >= 11 is 0. The predicted molar refractivity (Wildman–Crippen MR) is 93.5 cm³/mol. The number of carbonyl (C=O) groups is 1. The Labute approximate surface area is 222 Å². The maximum absolute atomic E-state index is 14.2. The Balaban J connectivity index is 0.0000130. The molecule has 0 fully saturated rings. The fraction of sp³-hybridized carbons (Fsp3) is 0.611. The zero-order chi connectivity index (χ0) is 28.8. The largest absolute Gasteiger partial charge is 1.00 e. The zero-order valence-electron chi connectivity index (χ0n) is 18.5. The maximum Gasteiger partial charge on any atom is 1.00 e. The average Bonchev–Trinajstić information content (AvgIpc) is 2.71. The molecule has 1 aromatic carbocycles. The normalized spacial score (nSPS) is 15.2. The summed E-state index contributed by atoms with van der Waals surface area (Å²) in [6, 6.07) is -0.337. The van der Waals surface area contributed by atoms with Gasteiger partial charge in [0.2, 0.25) is 0 Å². The zero-order valence-corrected chi connectivity index (χ0v) is 21.3. The van der Waals surface area contributed by atoms with Crippen LogP contribution in [0.3, 0.4) is 0 Å². The fourth-order valence-electron chi connectivity index (χ4n) is 2.78.